The standard InChI is InChI=1S/C20H26N6O2/c1-13-16(14(2)23-20(28)17(13)11-21)4-5-19(27)26-8-6-15(7-9-26)10-18-24-22-12-25(18)3/h12,15H,4-10H2,1-3H3,(H,23,28). The van der Waals surface area contributed by atoms with E-state index in [4.69, 9.17) is 0 Å². The Morgan fingerprint density at radius 2 is 2.07 bits per heavy atom. The van der Waals surface area contributed by atoms with Crippen molar-refractivity contribution in [3.8, 4) is 6.07 Å². The van der Waals surface area contributed by atoms with Crippen LogP contribution < -0.4 is 5.56 Å². The highest BCUT2D eigenvalue weighted by molar-refractivity contribution is 5.76. The molecule has 8 heteroatoms. The molecule has 0 spiro atoms. The first kappa shape index (κ1) is 19.8. The Kier molecular flexibility index (Phi) is 5.93. The van der Waals surface area contributed by atoms with Crippen molar-refractivity contribution < 1.29 is 4.79 Å². The van der Waals surface area contributed by atoms with Crippen molar-refractivity contribution in [3.05, 3.63) is 44.9 Å². The average molecular weight is 382 g/mol. The number of H-pyrrole nitrogens is 1. The molecule has 0 unspecified atom stereocenters. The summed E-state index contributed by atoms with van der Waals surface area (Å²) in [6, 6.07) is 1.96. The molecule has 2 aromatic heterocycles. The largest absolute Gasteiger partial charge is 0.343 e. The van der Waals surface area contributed by atoms with E-state index in [9.17, 15) is 14.9 Å². The number of nitrogens with one attached hydrogen (secondary N) is 1. The van der Waals surface area contributed by atoms with Crippen LogP contribution in [-0.2, 0) is 24.7 Å². The third-order valence-electron chi connectivity index (χ3n) is 5.75. The van der Waals surface area contributed by atoms with Crippen molar-refractivity contribution in [3.63, 3.8) is 0 Å². The van der Waals surface area contributed by atoms with Gasteiger partial charge in [0, 0.05) is 38.7 Å². The molecule has 0 aromatic carbocycles. The predicted octanol–water partition coefficient (Wildman–Crippen LogP) is 1.41. The predicted molar refractivity (Wildman–Crippen MR) is 104 cm³/mol. The Labute approximate surface area is 164 Å². The highest BCUT2D eigenvalue weighted by Gasteiger charge is 2.24. The number of hydrogen-bond acceptors (Lipinski definition) is 5. The van der Waals surface area contributed by atoms with Crippen LogP contribution in [0.15, 0.2) is 11.1 Å². The number of carbonyl (C=O) groups excluding carboxylic acids is 1. The van der Waals surface area contributed by atoms with Crippen molar-refractivity contribution in [2.75, 3.05) is 13.1 Å². The summed E-state index contributed by atoms with van der Waals surface area (Å²) in [6.07, 6.45) is 5.45. The lowest BCUT2D eigenvalue weighted by molar-refractivity contribution is -0.132. The maximum absolute atomic E-state index is 12.7. The third kappa shape index (κ3) is 4.14. The van der Waals surface area contributed by atoms with Crippen molar-refractivity contribution >= 4 is 5.91 Å². The Hall–Kier alpha value is -2.95. The number of likely N-dealkylation sites (tertiary alicyclic amines) is 1. The summed E-state index contributed by atoms with van der Waals surface area (Å²) in [5.41, 5.74) is 2.08. The van der Waals surface area contributed by atoms with E-state index in [1.54, 1.807) is 13.3 Å². The number of hydrogen-bond donors (Lipinski definition) is 1. The smallest absolute Gasteiger partial charge is 0.266 e. The van der Waals surface area contributed by atoms with Crippen LogP contribution in [-0.4, -0.2) is 43.6 Å². The van der Waals surface area contributed by atoms with E-state index in [0.717, 1.165) is 49.4 Å². The van der Waals surface area contributed by atoms with Crippen LogP contribution in [0, 0.1) is 31.1 Å². The van der Waals surface area contributed by atoms with E-state index < -0.39 is 0 Å². The van der Waals surface area contributed by atoms with Crippen molar-refractivity contribution in [2.24, 2.45) is 13.0 Å². The monoisotopic (exact) mass is 382 g/mol. The summed E-state index contributed by atoms with van der Waals surface area (Å²) >= 11 is 0. The zero-order chi connectivity index (χ0) is 20.3. The van der Waals surface area contributed by atoms with E-state index in [0.29, 0.717) is 24.3 Å². The maximum atomic E-state index is 12.7. The van der Waals surface area contributed by atoms with Gasteiger partial charge in [-0.15, -0.1) is 10.2 Å². The van der Waals surface area contributed by atoms with E-state index >= 15 is 0 Å². The summed E-state index contributed by atoms with van der Waals surface area (Å²) in [7, 11) is 1.95. The second-order valence-corrected chi connectivity index (χ2v) is 7.56. The minimum Gasteiger partial charge on any atom is -0.343 e. The molecule has 8 nitrogen and oxygen atoms in total. The second kappa shape index (κ2) is 8.38. The fourth-order valence-electron chi connectivity index (χ4n) is 3.95. The number of pyridine rings is 1. The van der Waals surface area contributed by atoms with Gasteiger partial charge in [-0.1, -0.05) is 0 Å². The Morgan fingerprint density at radius 3 is 2.68 bits per heavy atom. The SMILES string of the molecule is Cc1[nH]c(=O)c(C#N)c(C)c1CCC(=O)N1CCC(Cc2nncn2C)CC1. The Morgan fingerprint density at radius 1 is 1.36 bits per heavy atom. The quantitative estimate of drug-likeness (QED) is 0.841. The van der Waals surface area contributed by atoms with Gasteiger partial charge in [-0.2, -0.15) is 5.26 Å². The van der Waals surface area contributed by atoms with Crippen LogP contribution in [0.2, 0.25) is 0 Å². The van der Waals surface area contributed by atoms with E-state index in [-0.39, 0.29) is 17.0 Å². The van der Waals surface area contributed by atoms with Crippen LogP contribution in [0.5, 0.6) is 0 Å². The first-order valence-electron chi connectivity index (χ1n) is 9.63. The van der Waals surface area contributed by atoms with E-state index in [2.05, 4.69) is 15.2 Å². The van der Waals surface area contributed by atoms with Crippen LogP contribution >= 0.6 is 0 Å². The number of carbonyl (C=O) groups is 1. The fraction of sp³-hybridized carbons (Fsp3) is 0.550. The third-order valence-corrected chi connectivity index (χ3v) is 5.75. The van der Waals surface area contributed by atoms with Gasteiger partial charge in [0.15, 0.2) is 0 Å². The molecule has 0 bridgehead atoms. The lowest BCUT2D eigenvalue weighted by Crippen LogP contribution is -2.39. The summed E-state index contributed by atoms with van der Waals surface area (Å²) in [4.78, 5) is 29.1. The fourth-order valence-corrected chi connectivity index (χ4v) is 3.95. The number of aryl methyl sites for hydroxylation is 2. The zero-order valence-electron chi connectivity index (χ0n) is 16.7. The number of aromatic nitrogens is 4. The molecule has 3 rings (SSSR count). The maximum Gasteiger partial charge on any atom is 0.266 e. The highest BCUT2D eigenvalue weighted by Crippen LogP contribution is 2.22. The molecular formula is C20H26N6O2. The van der Waals surface area contributed by atoms with Gasteiger partial charge >= 0.3 is 0 Å². The molecule has 148 valence electrons. The summed E-state index contributed by atoms with van der Waals surface area (Å²) in [5.74, 6) is 1.64. The highest BCUT2D eigenvalue weighted by atomic mass is 16.2. The Bertz CT molecular complexity index is 960. The zero-order valence-corrected chi connectivity index (χ0v) is 16.7. The Balaban J connectivity index is 1.55. The molecule has 0 saturated carbocycles. The van der Waals surface area contributed by atoms with Crippen LogP contribution in [0.1, 0.15) is 47.5 Å². The van der Waals surface area contributed by atoms with Gasteiger partial charge in [-0.3, -0.25) is 9.59 Å². The number of nitriles is 1. The number of amides is 1. The average Bonchev–Trinajstić information content (AvgIpc) is 3.06. The minimum absolute atomic E-state index is 0.126. The molecule has 28 heavy (non-hydrogen) atoms. The normalized spacial score (nSPS) is 14.9. The molecule has 1 fully saturated rings. The second-order valence-electron chi connectivity index (χ2n) is 7.56. The summed E-state index contributed by atoms with van der Waals surface area (Å²) in [6.45, 7) is 5.11. The molecule has 1 aliphatic rings. The lowest BCUT2D eigenvalue weighted by atomic mass is 9.92. The van der Waals surface area contributed by atoms with Crippen LogP contribution in [0.4, 0.5) is 0 Å². The first-order valence-corrected chi connectivity index (χ1v) is 9.63. The molecule has 3 heterocycles. The van der Waals surface area contributed by atoms with Crippen molar-refractivity contribution in [1.29, 1.82) is 5.26 Å². The summed E-state index contributed by atoms with van der Waals surface area (Å²) in [5, 5.41) is 17.2. The molecule has 1 N–H and O–H groups in total. The van der Waals surface area contributed by atoms with Crippen molar-refractivity contribution in [2.45, 2.75) is 46.0 Å². The van der Waals surface area contributed by atoms with Gasteiger partial charge in [-0.25, -0.2) is 0 Å². The summed E-state index contributed by atoms with van der Waals surface area (Å²) < 4.78 is 1.95. The molecule has 2 aromatic rings. The number of rotatable bonds is 5. The van der Waals surface area contributed by atoms with Gasteiger partial charge in [0.05, 0.1) is 0 Å². The molecule has 1 saturated heterocycles. The van der Waals surface area contributed by atoms with Crippen molar-refractivity contribution in [1.82, 2.24) is 24.6 Å². The molecule has 0 aliphatic carbocycles. The number of nitrogens with zero attached hydrogens (tertiary/aromatic N) is 5. The molecule has 1 aliphatic heterocycles. The lowest BCUT2D eigenvalue weighted by Gasteiger charge is -2.32. The van der Waals surface area contributed by atoms with Gasteiger partial charge in [0.25, 0.3) is 5.56 Å². The van der Waals surface area contributed by atoms with Crippen LogP contribution in [0.3, 0.4) is 0 Å². The van der Waals surface area contributed by atoms with Gasteiger partial charge in [0.2, 0.25) is 5.91 Å². The van der Waals surface area contributed by atoms with Gasteiger partial charge < -0.3 is 14.5 Å². The number of piperidine rings is 1. The van der Waals surface area contributed by atoms with E-state index in [1.165, 1.54) is 0 Å². The molecule has 0 atom stereocenters. The molecule has 1 amide bonds. The van der Waals surface area contributed by atoms with E-state index in [1.807, 2.05) is 29.5 Å². The first-order chi connectivity index (χ1) is 13.4. The number of aromatic amines is 1. The topological polar surface area (TPSA) is 108 Å². The molecular weight excluding hydrogens is 356 g/mol. The molecule has 0 radical (unpaired) electrons. The van der Waals surface area contributed by atoms with Gasteiger partial charge in [-0.05, 0) is 50.2 Å². The minimum atomic E-state index is -0.363. The van der Waals surface area contributed by atoms with Crippen LogP contribution in [0.25, 0.3) is 0 Å². The van der Waals surface area contributed by atoms with Gasteiger partial charge in [0.1, 0.15) is 23.8 Å².